The van der Waals surface area contributed by atoms with E-state index in [4.69, 9.17) is 9.47 Å². The number of methoxy groups -OCH3 is 1. The molecule has 3 nitrogen and oxygen atoms in total. The van der Waals surface area contributed by atoms with Crippen molar-refractivity contribution < 1.29 is 18.7 Å². The number of rotatable bonds is 5. The molecule has 3 rings (SSSR count). The predicted octanol–water partition coefficient (Wildman–Crippen LogP) is 5.23. The second kappa shape index (κ2) is 8.20. The maximum Gasteiger partial charge on any atom is 0.309 e. The Hall–Kier alpha value is -1.58. The highest BCUT2D eigenvalue weighted by molar-refractivity contribution is 5.73. The topological polar surface area (TPSA) is 35.5 Å². The molecule has 2 aliphatic rings. The fraction of sp³-hybridized carbons (Fsp3) is 0.667. The molecule has 2 atom stereocenters. The van der Waals surface area contributed by atoms with Crippen LogP contribution in [0.5, 0.6) is 5.75 Å². The third-order valence-corrected chi connectivity index (χ3v) is 5.98. The van der Waals surface area contributed by atoms with Crippen LogP contribution in [0, 0.1) is 17.7 Å². The second-order valence-corrected chi connectivity index (χ2v) is 7.53. The summed E-state index contributed by atoms with van der Waals surface area (Å²) in [7, 11) is 1.55. The van der Waals surface area contributed by atoms with E-state index in [-0.39, 0.29) is 29.7 Å². The molecule has 0 bridgehead atoms. The first-order chi connectivity index (χ1) is 12.1. The Balaban J connectivity index is 1.56. The van der Waals surface area contributed by atoms with Gasteiger partial charge in [-0.05, 0) is 68.4 Å². The Kier molecular flexibility index (Phi) is 5.98. The first-order valence-corrected chi connectivity index (χ1v) is 9.66. The SMILES string of the molecule is CCCC1CCC(C2CCC(c3ccc(OC)cc3F)CC2)C(=O)O1. The Bertz CT molecular complexity index is 593. The number of cyclic esters (lactones) is 1. The molecule has 1 heterocycles. The molecule has 25 heavy (non-hydrogen) atoms. The van der Waals surface area contributed by atoms with Crippen molar-refractivity contribution in [3.05, 3.63) is 29.6 Å². The van der Waals surface area contributed by atoms with Crippen molar-refractivity contribution >= 4 is 5.97 Å². The number of ether oxygens (including phenoxy) is 2. The average molecular weight is 348 g/mol. The summed E-state index contributed by atoms with van der Waals surface area (Å²) in [6.07, 6.45) is 7.95. The van der Waals surface area contributed by atoms with Gasteiger partial charge in [0.1, 0.15) is 17.7 Å². The molecule has 2 unspecified atom stereocenters. The van der Waals surface area contributed by atoms with E-state index in [9.17, 15) is 9.18 Å². The van der Waals surface area contributed by atoms with E-state index in [1.807, 2.05) is 12.1 Å². The first kappa shape index (κ1) is 18.2. The minimum atomic E-state index is -0.178. The maximum atomic E-state index is 14.3. The Morgan fingerprint density at radius 1 is 1.16 bits per heavy atom. The van der Waals surface area contributed by atoms with Gasteiger partial charge in [-0.1, -0.05) is 19.4 Å². The molecule has 0 radical (unpaired) electrons. The smallest absolute Gasteiger partial charge is 0.309 e. The molecule has 1 aliphatic heterocycles. The normalized spacial score (nSPS) is 30.0. The molecule has 1 aliphatic carbocycles. The quantitative estimate of drug-likeness (QED) is 0.684. The fourth-order valence-electron chi connectivity index (χ4n) is 4.55. The van der Waals surface area contributed by atoms with Crippen molar-refractivity contribution in [1.82, 2.24) is 0 Å². The summed E-state index contributed by atoms with van der Waals surface area (Å²) < 4.78 is 25.0. The molecule has 1 saturated carbocycles. The second-order valence-electron chi connectivity index (χ2n) is 7.53. The molecule has 0 amide bonds. The number of carbonyl (C=O) groups excluding carboxylic acids is 1. The zero-order valence-corrected chi connectivity index (χ0v) is 15.3. The monoisotopic (exact) mass is 348 g/mol. The molecule has 1 saturated heterocycles. The standard InChI is InChI=1S/C21H29FO3/c1-3-4-16-9-12-19(21(23)25-16)15-7-5-14(6-8-15)18-11-10-17(24-2)13-20(18)22/h10-11,13-16,19H,3-9,12H2,1-2H3. The Morgan fingerprint density at radius 2 is 1.92 bits per heavy atom. The summed E-state index contributed by atoms with van der Waals surface area (Å²) in [6.45, 7) is 2.12. The zero-order chi connectivity index (χ0) is 17.8. The van der Waals surface area contributed by atoms with Crippen molar-refractivity contribution in [2.24, 2.45) is 11.8 Å². The zero-order valence-electron chi connectivity index (χ0n) is 15.3. The molecular weight excluding hydrogens is 319 g/mol. The largest absolute Gasteiger partial charge is 0.497 e. The molecule has 4 heteroatoms. The first-order valence-electron chi connectivity index (χ1n) is 9.66. The number of hydrogen-bond donors (Lipinski definition) is 0. The summed E-state index contributed by atoms with van der Waals surface area (Å²) in [4.78, 5) is 12.4. The van der Waals surface area contributed by atoms with E-state index >= 15 is 0 Å². The van der Waals surface area contributed by atoms with Crippen LogP contribution < -0.4 is 4.74 Å². The van der Waals surface area contributed by atoms with Gasteiger partial charge in [0.05, 0.1) is 13.0 Å². The molecule has 2 fully saturated rings. The van der Waals surface area contributed by atoms with Gasteiger partial charge >= 0.3 is 5.97 Å². The lowest BCUT2D eigenvalue weighted by molar-refractivity contribution is -0.164. The lowest BCUT2D eigenvalue weighted by atomic mass is 9.72. The summed E-state index contributed by atoms with van der Waals surface area (Å²) in [5.74, 6) is 1.07. The van der Waals surface area contributed by atoms with Gasteiger partial charge < -0.3 is 9.47 Å². The number of carbonyl (C=O) groups is 1. The summed E-state index contributed by atoms with van der Waals surface area (Å²) in [6, 6.07) is 5.15. The van der Waals surface area contributed by atoms with E-state index in [1.165, 1.54) is 6.07 Å². The molecule has 138 valence electrons. The third-order valence-electron chi connectivity index (χ3n) is 5.98. The number of benzene rings is 1. The Labute approximate surface area is 149 Å². The summed E-state index contributed by atoms with van der Waals surface area (Å²) in [5.41, 5.74) is 0.786. The van der Waals surface area contributed by atoms with Crippen LogP contribution >= 0.6 is 0 Å². The lowest BCUT2D eigenvalue weighted by Crippen LogP contribution is -2.36. The average Bonchev–Trinajstić information content (AvgIpc) is 2.62. The van der Waals surface area contributed by atoms with Crippen molar-refractivity contribution in [2.75, 3.05) is 7.11 Å². The van der Waals surface area contributed by atoms with Crippen LogP contribution in [0.4, 0.5) is 4.39 Å². The summed E-state index contributed by atoms with van der Waals surface area (Å²) in [5, 5.41) is 0. The van der Waals surface area contributed by atoms with Gasteiger partial charge in [0.25, 0.3) is 0 Å². The van der Waals surface area contributed by atoms with Gasteiger partial charge in [0.15, 0.2) is 0 Å². The van der Waals surface area contributed by atoms with Gasteiger partial charge in [-0.15, -0.1) is 0 Å². The van der Waals surface area contributed by atoms with Gasteiger partial charge in [0.2, 0.25) is 0 Å². The predicted molar refractivity (Wildman–Crippen MR) is 95.2 cm³/mol. The minimum absolute atomic E-state index is 0.00350. The van der Waals surface area contributed by atoms with Crippen LogP contribution in [0.3, 0.4) is 0 Å². The molecule has 0 spiro atoms. The van der Waals surface area contributed by atoms with Crippen LogP contribution in [0.1, 0.15) is 69.8 Å². The van der Waals surface area contributed by atoms with Crippen molar-refractivity contribution in [1.29, 1.82) is 0 Å². The number of halogens is 1. The van der Waals surface area contributed by atoms with Crippen LogP contribution in [0.2, 0.25) is 0 Å². The maximum absolute atomic E-state index is 14.3. The van der Waals surface area contributed by atoms with Crippen LogP contribution in [-0.4, -0.2) is 19.2 Å². The molecule has 0 aromatic heterocycles. The van der Waals surface area contributed by atoms with E-state index in [0.29, 0.717) is 11.7 Å². The highest BCUT2D eigenvalue weighted by atomic mass is 19.1. The van der Waals surface area contributed by atoms with Crippen molar-refractivity contribution in [3.8, 4) is 5.75 Å². The van der Waals surface area contributed by atoms with Crippen LogP contribution in [-0.2, 0) is 9.53 Å². The third kappa shape index (κ3) is 4.16. The fourth-order valence-corrected chi connectivity index (χ4v) is 4.55. The molecule has 1 aromatic rings. The minimum Gasteiger partial charge on any atom is -0.497 e. The van der Waals surface area contributed by atoms with E-state index in [1.54, 1.807) is 7.11 Å². The van der Waals surface area contributed by atoms with Gasteiger partial charge in [-0.2, -0.15) is 0 Å². The van der Waals surface area contributed by atoms with Gasteiger partial charge in [-0.3, -0.25) is 4.79 Å². The molecule has 1 aromatic carbocycles. The van der Waals surface area contributed by atoms with Crippen molar-refractivity contribution in [3.63, 3.8) is 0 Å². The van der Waals surface area contributed by atoms with Crippen LogP contribution in [0.25, 0.3) is 0 Å². The van der Waals surface area contributed by atoms with E-state index < -0.39 is 0 Å². The number of hydrogen-bond acceptors (Lipinski definition) is 3. The van der Waals surface area contributed by atoms with Gasteiger partial charge in [0, 0.05) is 6.07 Å². The Morgan fingerprint density at radius 3 is 2.52 bits per heavy atom. The molecule has 0 N–H and O–H groups in total. The van der Waals surface area contributed by atoms with E-state index in [0.717, 1.165) is 56.9 Å². The number of esters is 1. The van der Waals surface area contributed by atoms with Crippen molar-refractivity contribution in [2.45, 2.75) is 70.3 Å². The summed E-state index contributed by atoms with van der Waals surface area (Å²) >= 11 is 0. The highest BCUT2D eigenvalue weighted by Gasteiger charge is 2.37. The highest BCUT2D eigenvalue weighted by Crippen LogP contribution is 2.42. The van der Waals surface area contributed by atoms with Crippen LogP contribution in [0.15, 0.2) is 18.2 Å². The van der Waals surface area contributed by atoms with Gasteiger partial charge in [-0.25, -0.2) is 4.39 Å². The van der Waals surface area contributed by atoms with E-state index in [2.05, 4.69) is 6.92 Å². The molecular formula is C21H29FO3. The lowest BCUT2D eigenvalue weighted by Gasteiger charge is -2.36.